The fraction of sp³-hybridized carbons (Fsp3) is 0.294. The van der Waals surface area contributed by atoms with Gasteiger partial charge in [-0.1, -0.05) is 68.4 Å². The molecule has 0 aliphatic carbocycles. The molecular formula is C17H19Cl. The number of rotatable bonds is 4. The van der Waals surface area contributed by atoms with Gasteiger partial charge < -0.3 is 0 Å². The first-order valence-electron chi connectivity index (χ1n) is 6.55. The maximum atomic E-state index is 6.79. The second-order valence-corrected chi connectivity index (χ2v) is 5.31. The van der Waals surface area contributed by atoms with Gasteiger partial charge in [0.2, 0.25) is 0 Å². The first kappa shape index (κ1) is 13.2. The molecule has 18 heavy (non-hydrogen) atoms. The van der Waals surface area contributed by atoms with E-state index >= 15 is 0 Å². The lowest BCUT2D eigenvalue weighted by atomic mass is 9.86. The molecule has 0 spiro atoms. The summed E-state index contributed by atoms with van der Waals surface area (Å²) in [6.07, 6.45) is 1.88. The third-order valence-electron chi connectivity index (χ3n) is 3.62. The van der Waals surface area contributed by atoms with Crippen LogP contribution in [0, 0.1) is 0 Å². The molecule has 1 heteroatoms. The Morgan fingerprint density at radius 1 is 0.833 bits per heavy atom. The van der Waals surface area contributed by atoms with E-state index in [4.69, 9.17) is 11.6 Å². The molecule has 2 rings (SSSR count). The second-order valence-electron chi connectivity index (χ2n) is 4.58. The van der Waals surface area contributed by atoms with Gasteiger partial charge in [0, 0.05) is 0 Å². The molecule has 0 heterocycles. The van der Waals surface area contributed by atoms with Crippen molar-refractivity contribution in [2.24, 2.45) is 0 Å². The minimum Gasteiger partial charge on any atom is -0.114 e. The van der Waals surface area contributed by atoms with Crippen LogP contribution in [0.25, 0.3) is 11.1 Å². The van der Waals surface area contributed by atoms with Crippen molar-refractivity contribution in [3.8, 4) is 11.1 Å². The molecule has 0 fully saturated rings. The van der Waals surface area contributed by atoms with Crippen LogP contribution in [-0.2, 0) is 4.87 Å². The number of benzene rings is 2. The van der Waals surface area contributed by atoms with Crippen LogP contribution in [0.1, 0.15) is 32.3 Å². The zero-order valence-electron chi connectivity index (χ0n) is 11.0. The molecule has 0 atom stereocenters. The largest absolute Gasteiger partial charge is 0.114 e. The van der Waals surface area contributed by atoms with Crippen molar-refractivity contribution in [3.63, 3.8) is 0 Å². The average molecular weight is 259 g/mol. The summed E-state index contributed by atoms with van der Waals surface area (Å²) < 4.78 is 0. The molecule has 0 unspecified atom stereocenters. The molecule has 0 saturated carbocycles. The van der Waals surface area contributed by atoms with E-state index in [9.17, 15) is 0 Å². The van der Waals surface area contributed by atoms with E-state index in [1.54, 1.807) is 0 Å². The van der Waals surface area contributed by atoms with Crippen LogP contribution in [0.2, 0.25) is 0 Å². The first-order chi connectivity index (χ1) is 8.71. The van der Waals surface area contributed by atoms with Crippen LogP contribution < -0.4 is 0 Å². The lowest BCUT2D eigenvalue weighted by Gasteiger charge is -2.27. The van der Waals surface area contributed by atoms with Crippen molar-refractivity contribution >= 4 is 11.6 Å². The Kier molecular flexibility index (Phi) is 4.08. The predicted molar refractivity (Wildman–Crippen MR) is 80.0 cm³/mol. The molecule has 0 aliphatic heterocycles. The van der Waals surface area contributed by atoms with Crippen LogP contribution in [0.3, 0.4) is 0 Å². The first-order valence-corrected chi connectivity index (χ1v) is 6.93. The monoisotopic (exact) mass is 258 g/mol. The Labute approximate surface area is 115 Å². The Balaban J connectivity index is 2.57. The fourth-order valence-electron chi connectivity index (χ4n) is 2.37. The summed E-state index contributed by atoms with van der Waals surface area (Å²) >= 11 is 6.79. The molecule has 2 aromatic rings. The lowest BCUT2D eigenvalue weighted by Crippen LogP contribution is -2.17. The average Bonchev–Trinajstić information content (AvgIpc) is 2.47. The summed E-state index contributed by atoms with van der Waals surface area (Å²) in [5.41, 5.74) is 3.72. The Bertz CT molecular complexity index is 498. The van der Waals surface area contributed by atoms with Crippen LogP contribution in [0.15, 0.2) is 54.6 Å². The Morgan fingerprint density at radius 3 is 2.00 bits per heavy atom. The SMILES string of the molecule is CCC(Cl)(CC)c1ccccc1-c1ccccc1. The molecule has 0 aromatic heterocycles. The summed E-state index contributed by atoms with van der Waals surface area (Å²) in [5.74, 6) is 0. The molecule has 0 bridgehead atoms. The standard InChI is InChI=1S/C17H19Cl/c1-3-17(18,4-2)16-13-9-8-12-15(16)14-10-6-5-7-11-14/h5-13H,3-4H2,1-2H3. The van der Waals surface area contributed by atoms with Crippen LogP contribution >= 0.6 is 11.6 Å². The topological polar surface area (TPSA) is 0 Å². The second kappa shape index (κ2) is 5.58. The van der Waals surface area contributed by atoms with E-state index in [0.717, 1.165) is 12.8 Å². The highest BCUT2D eigenvalue weighted by Crippen LogP contribution is 2.41. The number of hydrogen-bond acceptors (Lipinski definition) is 0. The van der Waals surface area contributed by atoms with Crippen LogP contribution in [0.4, 0.5) is 0 Å². The van der Waals surface area contributed by atoms with Gasteiger partial charge in [-0.25, -0.2) is 0 Å². The molecule has 0 nitrogen and oxygen atoms in total. The fourth-order valence-corrected chi connectivity index (χ4v) is 2.54. The molecule has 2 aromatic carbocycles. The van der Waals surface area contributed by atoms with Gasteiger partial charge in [-0.15, -0.1) is 11.6 Å². The van der Waals surface area contributed by atoms with Crippen molar-refractivity contribution in [2.75, 3.05) is 0 Å². The highest BCUT2D eigenvalue weighted by Gasteiger charge is 2.27. The normalized spacial score (nSPS) is 11.5. The van der Waals surface area contributed by atoms with Gasteiger partial charge in [-0.3, -0.25) is 0 Å². The van der Waals surface area contributed by atoms with E-state index in [0.29, 0.717) is 0 Å². The Hall–Kier alpha value is -1.27. The summed E-state index contributed by atoms with van der Waals surface area (Å²) in [4.78, 5) is -0.258. The minimum atomic E-state index is -0.258. The zero-order chi connectivity index (χ0) is 13.0. The van der Waals surface area contributed by atoms with Crippen molar-refractivity contribution in [1.29, 1.82) is 0 Å². The van der Waals surface area contributed by atoms with E-state index in [1.807, 2.05) is 6.07 Å². The highest BCUT2D eigenvalue weighted by molar-refractivity contribution is 6.24. The van der Waals surface area contributed by atoms with Crippen molar-refractivity contribution in [1.82, 2.24) is 0 Å². The zero-order valence-corrected chi connectivity index (χ0v) is 11.7. The maximum Gasteiger partial charge on any atom is 0.0695 e. The van der Waals surface area contributed by atoms with Crippen molar-refractivity contribution in [2.45, 2.75) is 31.6 Å². The molecule has 0 saturated heterocycles. The smallest absolute Gasteiger partial charge is 0.0695 e. The Morgan fingerprint density at radius 2 is 1.39 bits per heavy atom. The van der Waals surface area contributed by atoms with Gasteiger partial charge in [-0.05, 0) is 29.5 Å². The summed E-state index contributed by atoms with van der Waals surface area (Å²) in [7, 11) is 0. The van der Waals surface area contributed by atoms with Gasteiger partial charge in [0.05, 0.1) is 4.87 Å². The van der Waals surface area contributed by atoms with E-state index in [2.05, 4.69) is 62.4 Å². The van der Waals surface area contributed by atoms with E-state index < -0.39 is 0 Å². The molecular weight excluding hydrogens is 240 g/mol. The summed E-state index contributed by atoms with van der Waals surface area (Å²) in [5, 5.41) is 0. The van der Waals surface area contributed by atoms with Gasteiger partial charge in [0.1, 0.15) is 0 Å². The van der Waals surface area contributed by atoms with Crippen LogP contribution in [0.5, 0.6) is 0 Å². The molecule has 0 radical (unpaired) electrons. The van der Waals surface area contributed by atoms with Crippen molar-refractivity contribution < 1.29 is 0 Å². The van der Waals surface area contributed by atoms with E-state index in [1.165, 1.54) is 16.7 Å². The van der Waals surface area contributed by atoms with E-state index in [-0.39, 0.29) is 4.87 Å². The maximum absolute atomic E-state index is 6.79. The third kappa shape index (κ3) is 2.44. The molecule has 0 amide bonds. The number of halogens is 1. The number of hydrogen-bond donors (Lipinski definition) is 0. The van der Waals surface area contributed by atoms with Crippen LogP contribution in [-0.4, -0.2) is 0 Å². The van der Waals surface area contributed by atoms with Gasteiger partial charge in [0.25, 0.3) is 0 Å². The molecule has 94 valence electrons. The highest BCUT2D eigenvalue weighted by atomic mass is 35.5. The predicted octanol–water partition coefficient (Wildman–Crippen LogP) is 5.61. The van der Waals surface area contributed by atoms with Gasteiger partial charge in [-0.2, -0.15) is 0 Å². The van der Waals surface area contributed by atoms with Crippen molar-refractivity contribution in [3.05, 3.63) is 60.2 Å². The summed E-state index contributed by atoms with van der Waals surface area (Å²) in [6, 6.07) is 18.9. The molecule has 0 aliphatic rings. The quantitative estimate of drug-likeness (QED) is 0.626. The van der Waals surface area contributed by atoms with Gasteiger partial charge in [0.15, 0.2) is 0 Å². The summed E-state index contributed by atoms with van der Waals surface area (Å²) in [6.45, 7) is 4.30. The molecule has 0 N–H and O–H groups in total. The van der Waals surface area contributed by atoms with Gasteiger partial charge >= 0.3 is 0 Å². The number of alkyl halides is 1. The lowest BCUT2D eigenvalue weighted by molar-refractivity contribution is 0.568. The third-order valence-corrected chi connectivity index (χ3v) is 4.35. The minimum absolute atomic E-state index is 0.258.